The van der Waals surface area contributed by atoms with Gasteiger partial charge in [0, 0.05) is 6.04 Å². The van der Waals surface area contributed by atoms with Crippen molar-refractivity contribution in [2.75, 3.05) is 0 Å². The molecule has 1 unspecified atom stereocenters. The van der Waals surface area contributed by atoms with Gasteiger partial charge < -0.3 is 0 Å². The first-order chi connectivity index (χ1) is 11.5. The molecule has 1 N–H and O–H groups in total. The predicted molar refractivity (Wildman–Crippen MR) is 100 cm³/mol. The molecular weight excluding hydrogens is 318 g/mol. The Morgan fingerprint density at radius 3 is 2.12 bits per heavy atom. The summed E-state index contributed by atoms with van der Waals surface area (Å²) in [7, 11) is -3.26. The molecule has 2 aromatic carbocycles. The molecule has 0 fully saturated rings. The zero-order valence-corrected chi connectivity index (χ0v) is 14.9. The summed E-state index contributed by atoms with van der Waals surface area (Å²) in [6.07, 6.45) is 3.87. The van der Waals surface area contributed by atoms with Crippen LogP contribution in [0, 0.1) is 0 Å². The van der Waals surface area contributed by atoms with Gasteiger partial charge in [-0.15, -0.1) is 0 Å². The van der Waals surface area contributed by atoms with Gasteiger partial charge in [0.2, 0.25) is 10.0 Å². The van der Waals surface area contributed by atoms with Crippen LogP contribution in [0.1, 0.15) is 32.3 Å². The molecule has 0 radical (unpaired) electrons. The molecule has 4 heteroatoms. The molecule has 0 amide bonds. The van der Waals surface area contributed by atoms with Crippen LogP contribution in [0.3, 0.4) is 0 Å². The van der Waals surface area contributed by atoms with Gasteiger partial charge in [0.1, 0.15) is 0 Å². The fourth-order valence-corrected chi connectivity index (χ4v) is 3.88. The smallest absolute Gasteiger partial charge is 0.212 e. The molecule has 0 aliphatic heterocycles. The van der Waals surface area contributed by atoms with Gasteiger partial charge in [-0.05, 0) is 49.0 Å². The first-order valence-electron chi connectivity index (χ1n) is 8.34. The first kappa shape index (κ1) is 16.9. The van der Waals surface area contributed by atoms with E-state index in [4.69, 9.17) is 0 Å². The second-order valence-electron chi connectivity index (χ2n) is 6.44. The lowest BCUT2D eigenvalue weighted by Gasteiger charge is -2.19. The Labute approximate surface area is 144 Å². The minimum Gasteiger partial charge on any atom is -0.212 e. The highest BCUT2D eigenvalue weighted by atomic mass is 32.2. The highest BCUT2D eigenvalue weighted by Gasteiger charge is 2.27. The SMILES string of the molecule is CC(C)S(=O)(=O)NC1CCC=C1c1ccc(-c2ccccc2)cc1. The van der Waals surface area contributed by atoms with Crippen LogP contribution in [-0.2, 0) is 10.0 Å². The van der Waals surface area contributed by atoms with E-state index in [9.17, 15) is 8.42 Å². The Kier molecular flexibility index (Phi) is 4.88. The van der Waals surface area contributed by atoms with Crippen LogP contribution in [0.5, 0.6) is 0 Å². The number of hydrogen-bond acceptors (Lipinski definition) is 2. The van der Waals surface area contributed by atoms with Crippen molar-refractivity contribution in [2.45, 2.75) is 38.0 Å². The molecule has 3 rings (SSSR count). The van der Waals surface area contributed by atoms with Crippen molar-refractivity contribution in [3.8, 4) is 11.1 Å². The summed E-state index contributed by atoms with van der Waals surface area (Å²) < 4.78 is 27.2. The standard InChI is InChI=1S/C20H23NO2S/c1-15(2)24(22,23)21-20-10-6-9-19(20)18-13-11-17(12-14-18)16-7-4-3-5-8-16/h3-5,7-9,11-15,20-21H,6,10H2,1-2H3. The third-order valence-corrected chi connectivity index (χ3v) is 6.30. The molecule has 3 nitrogen and oxygen atoms in total. The normalized spacial score (nSPS) is 18.0. The van der Waals surface area contributed by atoms with E-state index in [-0.39, 0.29) is 6.04 Å². The first-order valence-corrected chi connectivity index (χ1v) is 9.89. The molecule has 126 valence electrons. The third-order valence-electron chi connectivity index (χ3n) is 4.45. The Balaban J connectivity index is 1.81. The van der Waals surface area contributed by atoms with Crippen molar-refractivity contribution in [2.24, 2.45) is 0 Å². The van der Waals surface area contributed by atoms with Gasteiger partial charge in [0.25, 0.3) is 0 Å². The van der Waals surface area contributed by atoms with E-state index >= 15 is 0 Å². The largest absolute Gasteiger partial charge is 0.214 e. The molecule has 1 aliphatic carbocycles. The van der Waals surface area contributed by atoms with Crippen molar-refractivity contribution in [3.05, 3.63) is 66.2 Å². The molecule has 0 aromatic heterocycles. The predicted octanol–water partition coefficient (Wildman–Crippen LogP) is 4.23. The van der Waals surface area contributed by atoms with E-state index in [0.717, 1.165) is 29.5 Å². The molecule has 0 heterocycles. The van der Waals surface area contributed by atoms with Crippen molar-refractivity contribution in [1.82, 2.24) is 4.72 Å². The van der Waals surface area contributed by atoms with Crippen molar-refractivity contribution in [1.29, 1.82) is 0 Å². The Hall–Kier alpha value is -1.91. The van der Waals surface area contributed by atoms with Gasteiger partial charge in [0.15, 0.2) is 0 Å². The Bertz CT molecular complexity index is 822. The van der Waals surface area contributed by atoms with Crippen LogP contribution in [0.2, 0.25) is 0 Å². The summed E-state index contributed by atoms with van der Waals surface area (Å²) in [5.74, 6) is 0. The zero-order valence-electron chi connectivity index (χ0n) is 14.1. The second kappa shape index (κ2) is 6.91. The topological polar surface area (TPSA) is 46.2 Å². The lowest BCUT2D eigenvalue weighted by atomic mass is 9.98. The maximum Gasteiger partial charge on any atom is 0.214 e. The van der Waals surface area contributed by atoms with Crippen molar-refractivity contribution < 1.29 is 8.42 Å². The van der Waals surface area contributed by atoms with Gasteiger partial charge in [0.05, 0.1) is 5.25 Å². The summed E-state index contributed by atoms with van der Waals surface area (Å²) in [6, 6.07) is 18.5. The zero-order chi connectivity index (χ0) is 17.2. The van der Waals surface area contributed by atoms with E-state index in [1.807, 2.05) is 18.2 Å². The summed E-state index contributed by atoms with van der Waals surface area (Å²) in [5.41, 5.74) is 4.52. The van der Waals surface area contributed by atoms with E-state index in [0.29, 0.717) is 0 Å². The van der Waals surface area contributed by atoms with E-state index in [1.165, 1.54) is 5.56 Å². The van der Waals surface area contributed by atoms with Crippen molar-refractivity contribution in [3.63, 3.8) is 0 Å². The van der Waals surface area contributed by atoms with Crippen LogP contribution >= 0.6 is 0 Å². The summed E-state index contributed by atoms with van der Waals surface area (Å²) >= 11 is 0. The number of benzene rings is 2. The average molecular weight is 341 g/mol. The molecule has 2 aromatic rings. The van der Waals surface area contributed by atoms with Crippen LogP contribution in [0.15, 0.2) is 60.7 Å². The van der Waals surface area contributed by atoms with Gasteiger partial charge >= 0.3 is 0 Å². The highest BCUT2D eigenvalue weighted by Crippen LogP contribution is 2.30. The summed E-state index contributed by atoms with van der Waals surface area (Å²) in [5, 5.41) is -0.417. The van der Waals surface area contributed by atoms with Gasteiger partial charge in [-0.1, -0.05) is 60.7 Å². The maximum atomic E-state index is 12.2. The number of allylic oxidation sites excluding steroid dienone is 1. The van der Waals surface area contributed by atoms with E-state index in [2.05, 4.69) is 47.2 Å². The molecule has 0 saturated heterocycles. The van der Waals surface area contributed by atoms with Crippen LogP contribution < -0.4 is 4.72 Å². The van der Waals surface area contributed by atoms with E-state index in [1.54, 1.807) is 13.8 Å². The molecule has 0 bridgehead atoms. The van der Waals surface area contributed by atoms with Gasteiger partial charge in [-0.25, -0.2) is 13.1 Å². The number of sulfonamides is 1. The van der Waals surface area contributed by atoms with E-state index < -0.39 is 15.3 Å². The third kappa shape index (κ3) is 3.60. The summed E-state index contributed by atoms with van der Waals surface area (Å²) in [4.78, 5) is 0. The van der Waals surface area contributed by atoms with Crippen LogP contribution in [0.4, 0.5) is 0 Å². The minimum absolute atomic E-state index is 0.125. The quantitative estimate of drug-likeness (QED) is 0.885. The lowest BCUT2D eigenvalue weighted by molar-refractivity contribution is 0.561. The molecule has 0 saturated carbocycles. The average Bonchev–Trinajstić information content (AvgIpc) is 3.03. The molecule has 1 aliphatic rings. The summed E-state index contributed by atoms with van der Waals surface area (Å²) in [6.45, 7) is 3.41. The monoisotopic (exact) mass is 341 g/mol. The maximum absolute atomic E-state index is 12.2. The van der Waals surface area contributed by atoms with Crippen LogP contribution in [0.25, 0.3) is 16.7 Å². The second-order valence-corrected chi connectivity index (χ2v) is 8.71. The highest BCUT2D eigenvalue weighted by molar-refractivity contribution is 7.90. The molecule has 24 heavy (non-hydrogen) atoms. The Morgan fingerprint density at radius 2 is 1.50 bits per heavy atom. The minimum atomic E-state index is -3.26. The van der Waals surface area contributed by atoms with Crippen LogP contribution in [-0.4, -0.2) is 19.7 Å². The number of rotatable bonds is 5. The number of nitrogens with one attached hydrogen (secondary N) is 1. The van der Waals surface area contributed by atoms with Crippen molar-refractivity contribution >= 4 is 15.6 Å². The fourth-order valence-electron chi connectivity index (χ4n) is 2.96. The molecule has 1 atom stereocenters. The van der Waals surface area contributed by atoms with Gasteiger partial charge in [-0.2, -0.15) is 0 Å². The lowest BCUT2D eigenvalue weighted by Crippen LogP contribution is -2.38. The Morgan fingerprint density at radius 1 is 0.917 bits per heavy atom. The number of hydrogen-bond donors (Lipinski definition) is 1. The van der Waals surface area contributed by atoms with Gasteiger partial charge in [-0.3, -0.25) is 0 Å². The molecule has 0 spiro atoms. The fraction of sp³-hybridized carbons (Fsp3) is 0.300. The molecular formula is C20H23NO2S.